The number of carbonyl (C=O) groups excluding carboxylic acids is 2. The van der Waals surface area contributed by atoms with Gasteiger partial charge in [0.1, 0.15) is 0 Å². The average molecular weight is 391 g/mol. The first-order valence-corrected chi connectivity index (χ1v) is 9.58. The minimum Gasteiger partial charge on any atom is -0.455 e. The summed E-state index contributed by atoms with van der Waals surface area (Å²) in [5.74, 6) is -0.875. The van der Waals surface area contributed by atoms with Crippen LogP contribution in [-0.4, -0.2) is 27.9 Å². The number of imidazole rings is 1. The number of nitrogens with zero attached hydrogens (tertiary/aromatic N) is 2. The van der Waals surface area contributed by atoms with Gasteiger partial charge >= 0.3 is 5.97 Å². The minimum atomic E-state index is -0.489. The third-order valence-corrected chi connectivity index (χ3v) is 4.89. The van der Waals surface area contributed by atoms with Crippen molar-refractivity contribution in [2.45, 2.75) is 6.42 Å². The van der Waals surface area contributed by atoms with Crippen molar-refractivity contribution in [2.75, 3.05) is 11.9 Å². The van der Waals surface area contributed by atoms with Crippen LogP contribution in [0, 0.1) is 0 Å². The molecule has 7 heteroatoms. The van der Waals surface area contributed by atoms with Crippen LogP contribution in [0.2, 0.25) is 0 Å². The van der Waals surface area contributed by atoms with E-state index < -0.39 is 5.97 Å². The molecule has 4 rings (SSSR count). The molecule has 0 fully saturated rings. The number of fused-ring (bicyclic) bond motifs is 1. The van der Waals surface area contributed by atoms with Crippen LogP contribution in [0.1, 0.15) is 5.69 Å². The van der Waals surface area contributed by atoms with Crippen molar-refractivity contribution in [2.24, 2.45) is 0 Å². The summed E-state index contributed by atoms with van der Waals surface area (Å²) in [4.78, 5) is 29.4. The lowest BCUT2D eigenvalue weighted by molar-refractivity contribution is -0.146. The second-order valence-corrected chi connectivity index (χ2v) is 7.00. The van der Waals surface area contributed by atoms with E-state index in [9.17, 15) is 9.59 Å². The molecule has 2 heterocycles. The predicted octanol–water partition coefficient (Wildman–Crippen LogP) is 3.79. The van der Waals surface area contributed by atoms with Crippen molar-refractivity contribution in [1.82, 2.24) is 9.38 Å². The first-order valence-electron chi connectivity index (χ1n) is 8.70. The number of rotatable bonds is 6. The molecule has 4 aromatic rings. The SMILES string of the molecule is O=C(COC(=O)Cc1cn2ccsc2n1)Nc1ccccc1-c1ccccc1. The van der Waals surface area contributed by atoms with Crippen LogP contribution in [0.5, 0.6) is 0 Å². The first kappa shape index (κ1) is 17.9. The lowest BCUT2D eigenvalue weighted by Gasteiger charge is -2.11. The largest absolute Gasteiger partial charge is 0.455 e. The Morgan fingerprint density at radius 1 is 1.07 bits per heavy atom. The Morgan fingerprint density at radius 3 is 2.68 bits per heavy atom. The van der Waals surface area contributed by atoms with E-state index in [4.69, 9.17) is 4.74 Å². The Labute approximate surface area is 165 Å². The van der Waals surface area contributed by atoms with Gasteiger partial charge in [0.15, 0.2) is 11.6 Å². The molecule has 0 aliphatic rings. The molecule has 1 amide bonds. The lowest BCUT2D eigenvalue weighted by atomic mass is 10.0. The van der Waals surface area contributed by atoms with Gasteiger partial charge in [0.05, 0.1) is 12.1 Å². The molecule has 1 N–H and O–H groups in total. The molecular formula is C21H17N3O3S. The normalized spacial score (nSPS) is 10.7. The molecule has 0 unspecified atom stereocenters. The second-order valence-electron chi connectivity index (χ2n) is 6.12. The number of thiazole rings is 1. The smallest absolute Gasteiger partial charge is 0.312 e. The molecule has 2 aromatic heterocycles. The highest BCUT2D eigenvalue weighted by Gasteiger charge is 2.13. The number of hydrogen-bond donors (Lipinski definition) is 1. The molecule has 0 saturated heterocycles. The fraction of sp³-hybridized carbons (Fsp3) is 0.0952. The van der Waals surface area contributed by atoms with Crippen LogP contribution in [0.3, 0.4) is 0 Å². The minimum absolute atomic E-state index is 0.0300. The summed E-state index contributed by atoms with van der Waals surface area (Å²) in [6.07, 6.45) is 3.69. The Kier molecular flexibility index (Phi) is 5.16. The monoisotopic (exact) mass is 391 g/mol. The number of anilines is 1. The van der Waals surface area contributed by atoms with Crippen molar-refractivity contribution in [1.29, 1.82) is 0 Å². The number of benzene rings is 2. The molecular weight excluding hydrogens is 374 g/mol. The number of esters is 1. The molecule has 6 nitrogen and oxygen atoms in total. The van der Waals surface area contributed by atoms with Gasteiger partial charge in [-0.05, 0) is 11.6 Å². The zero-order valence-electron chi connectivity index (χ0n) is 14.9. The van der Waals surface area contributed by atoms with E-state index in [0.29, 0.717) is 11.4 Å². The third-order valence-electron chi connectivity index (χ3n) is 4.12. The van der Waals surface area contributed by atoms with Crippen LogP contribution in [0.25, 0.3) is 16.1 Å². The molecule has 0 saturated carbocycles. The maximum absolute atomic E-state index is 12.2. The third kappa shape index (κ3) is 4.10. The Morgan fingerprint density at radius 2 is 1.86 bits per heavy atom. The van der Waals surface area contributed by atoms with Gasteiger partial charge in [-0.15, -0.1) is 11.3 Å². The highest BCUT2D eigenvalue weighted by atomic mass is 32.1. The van der Waals surface area contributed by atoms with E-state index in [1.807, 2.05) is 70.6 Å². The van der Waals surface area contributed by atoms with Crippen LogP contribution in [0.15, 0.2) is 72.4 Å². The van der Waals surface area contributed by atoms with E-state index in [-0.39, 0.29) is 18.9 Å². The standard InChI is InChI=1S/C21H17N3O3S/c25-19(14-27-20(26)12-16-13-24-10-11-28-21(24)22-16)23-18-9-5-4-8-17(18)15-6-2-1-3-7-15/h1-11,13H,12,14H2,(H,23,25). The van der Waals surface area contributed by atoms with Crippen LogP contribution in [0.4, 0.5) is 5.69 Å². The topological polar surface area (TPSA) is 72.7 Å². The van der Waals surface area contributed by atoms with E-state index in [1.54, 1.807) is 6.20 Å². The Balaban J connectivity index is 1.34. The number of para-hydroxylation sites is 1. The van der Waals surface area contributed by atoms with E-state index in [1.165, 1.54) is 11.3 Å². The molecule has 0 atom stereocenters. The number of aromatic nitrogens is 2. The van der Waals surface area contributed by atoms with Gasteiger partial charge in [0, 0.05) is 29.0 Å². The predicted molar refractivity (Wildman–Crippen MR) is 108 cm³/mol. The molecule has 0 aliphatic heterocycles. The van der Waals surface area contributed by atoms with Crippen molar-refractivity contribution >= 4 is 33.9 Å². The zero-order valence-corrected chi connectivity index (χ0v) is 15.7. The summed E-state index contributed by atoms with van der Waals surface area (Å²) in [5, 5.41) is 4.73. The second kappa shape index (κ2) is 8.06. The summed E-state index contributed by atoms with van der Waals surface area (Å²) >= 11 is 1.49. The molecule has 0 aliphatic carbocycles. The van der Waals surface area contributed by atoms with Crippen LogP contribution in [-0.2, 0) is 20.7 Å². The van der Waals surface area contributed by atoms with Crippen molar-refractivity contribution < 1.29 is 14.3 Å². The molecule has 140 valence electrons. The Hall–Kier alpha value is -3.45. The van der Waals surface area contributed by atoms with Gasteiger partial charge in [0.2, 0.25) is 0 Å². The van der Waals surface area contributed by atoms with Gasteiger partial charge in [-0.3, -0.25) is 14.0 Å². The van der Waals surface area contributed by atoms with E-state index in [0.717, 1.165) is 16.1 Å². The number of ether oxygens (including phenoxy) is 1. The van der Waals surface area contributed by atoms with Gasteiger partial charge < -0.3 is 10.1 Å². The van der Waals surface area contributed by atoms with Crippen LogP contribution < -0.4 is 5.32 Å². The fourth-order valence-electron chi connectivity index (χ4n) is 2.85. The molecule has 0 radical (unpaired) electrons. The number of hydrogen-bond acceptors (Lipinski definition) is 5. The molecule has 28 heavy (non-hydrogen) atoms. The average Bonchev–Trinajstić information content (AvgIpc) is 3.29. The van der Waals surface area contributed by atoms with E-state index in [2.05, 4.69) is 10.3 Å². The zero-order chi connectivity index (χ0) is 19.3. The van der Waals surface area contributed by atoms with Gasteiger partial charge in [0.25, 0.3) is 5.91 Å². The summed E-state index contributed by atoms with van der Waals surface area (Å²) in [5.41, 5.74) is 3.19. The van der Waals surface area contributed by atoms with Crippen molar-refractivity contribution in [3.8, 4) is 11.1 Å². The molecule has 0 spiro atoms. The van der Waals surface area contributed by atoms with Gasteiger partial charge in [-0.1, -0.05) is 48.5 Å². The van der Waals surface area contributed by atoms with Crippen LogP contribution >= 0.6 is 11.3 Å². The highest BCUT2D eigenvalue weighted by Crippen LogP contribution is 2.27. The molecule has 2 aromatic carbocycles. The maximum atomic E-state index is 12.2. The fourth-order valence-corrected chi connectivity index (χ4v) is 3.57. The first-order chi connectivity index (χ1) is 13.7. The number of amides is 1. The quantitative estimate of drug-likeness (QED) is 0.508. The maximum Gasteiger partial charge on any atom is 0.312 e. The Bertz CT molecular complexity index is 1090. The number of nitrogens with one attached hydrogen (secondary N) is 1. The lowest BCUT2D eigenvalue weighted by Crippen LogP contribution is -2.22. The van der Waals surface area contributed by atoms with E-state index >= 15 is 0 Å². The van der Waals surface area contributed by atoms with Gasteiger partial charge in [-0.25, -0.2) is 4.98 Å². The van der Waals surface area contributed by atoms with Crippen molar-refractivity contribution in [3.05, 3.63) is 78.1 Å². The summed E-state index contributed by atoms with van der Waals surface area (Å²) in [7, 11) is 0. The molecule has 0 bridgehead atoms. The summed E-state index contributed by atoms with van der Waals surface area (Å²) < 4.78 is 6.95. The van der Waals surface area contributed by atoms with Gasteiger partial charge in [-0.2, -0.15) is 0 Å². The van der Waals surface area contributed by atoms with Crippen molar-refractivity contribution in [3.63, 3.8) is 0 Å². The number of carbonyl (C=O) groups is 2. The summed E-state index contributed by atoms with van der Waals surface area (Å²) in [6, 6.07) is 17.3. The summed E-state index contributed by atoms with van der Waals surface area (Å²) in [6.45, 7) is -0.343. The highest BCUT2D eigenvalue weighted by molar-refractivity contribution is 7.15.